The molecule has 0 fully saturated rings. The lowest BCUT2D eigenvalue weighted by Gasteiger charge is -1.99. The van der Waals surface area contributed by atoms with Crippen molar-refractivity contribution in [2.75, 3.05) is 5.73 Å². The minimum atomic E-state index is -1.63. The van der Waals surface area contributed by atoms with Crippen LogP contribution in [0.5, 0.6) is 0 Å². The molecule has 0 bridgehead atoms. The van der Waals surface area contributed by atoms with Crippen LogP contribution in [0, 0.1) is 0 Å². The number of aromatic nitrogens is 4. The summed E-state index contributed by atoms with van der Waals surface area (Å²) in [5.74, 6) is -2.91. The number of aliphatic carboxylic acids is 1. The molecule has 2 rings (SSSR count). The molecule has 6 N–H and O–H groups in total. The van der Waals surface area contributed by atoms with Gasteiger partial charge in [0.15, 0.2) is 11.2 Å². The standard InChI is InChI=1S/C9H7N5O5/c10-9-13-5-4(7(17)14-9)12-6(16)2(11-5)1-3(15)8(18)19/h1,15H,(H,12,16)(H,18,19)(H3,10,11,13,14,17)/b3-1-. The maximum Gasteiger partial charge on any atom is 0.371 e. The summed E-state index contributed by atoms with van der Waals surface area (Å²) in [5.41, 5.74) is 2.97. The third kappa shape index (κ3) is 2.26. The summed E-state index contributed by atoms with van der Waals surface area (Å²) in [6.07, 6.45) is 0.639. The van der Waals surface area contributed by atoms with Gasteiger partial charge in [0.1, 0.15) is 5.69 Å². The van der Waals surface area contributed by atoms with Crippen molar-refractivity contribution in [1.82, 2.24) is 19.9 Å². The second kappa shape index (κ2) is 4.25. The molecule has 2 aromatic heterocycles. The van der Waals surface area contributed by atoms with E-state index in [1.54, 1.807) is 0 Å². The number of nitrogens with zero attached hydrogens (tertiary/aromatic N) is 2. The second-order valence-corrected chi connectivity index (χ2v) is 3.44. The van der Waals surface area contributed by atoms with Crippen LogP contribution in [0.4, 0.5) is 5.95 Å². The molecule has 98 valence electrons. The van der Waals surface area contributed by atoms with Gasteiger partial charge in [-0.2, -0.15) is 4.98 Å². The predicted molar refractivity (Wildman–Crippen MR) is 63.4 cm³/mol. The molecule has 0 radical (unpaired) electrons. The SMILES string of the molecule is Nc1nc2nc(/C=C(\O)C(=O)O)c(=O)[nH]c2c(=O)[nH]1. The van der Waals surface area contributed by atoms with Crippen molar-refractivity contribution >= 4 is 29.2 Å². The number of nitrogens with one attached hydrogen (secondary N) is 2. The van der Waals surface area contributed by atoms with Gasteiger partial charge < -0.3 is 20.9 Å². The molecule has 0 saturated heterocycles. The largest absolute Gasteiger partial charge is 0.502 e. The fourth-order valence-electron chi connectivity index (χ4n) is 1.30. The van der Waals surface area contributed by atoms with E-state index in [-0.39, 0.29) is 17.1 Å². The normalized spacial score (nSPS) is 11.7. The van der Waals surface area contributed by atoms with E-state index in [1.807, 2.05) is 0 Å². The Morgan fingerprint density at radius 2 is 1.84 bits per heavy atom. The molecular weight excluding hydrogens is 258 g/mol. The van der Waals surface area contributed by atoms with Crippen LogP contribution < -0.4 is 16.9 Å². The van der Waals surface area contributed by atoms with Gasteiger partial charge in [0, 0.05) is 6.08 Å². The van der Waals surface area contributed by atoms with Gasteiger partial charge in [-0.1, -0.05) is 0 Å². The van der Waals surface area contributed by atoms with Crippen molar-refractivity contribution in [3.8, 4) is 0 Å². The molecule has 0 atom stereocenters. The van der Waals surface area contributed by atoms with Crippen LogP contribution in [0.2, 0.25) is 0 Å². The lowest BCUT2D eigenvalue weighted by molar-refractivity contribution is -0.135. The Balaban J connectivity index is 2.76. The summed E-state index contributed by atoms with van der Waals surface area (Å²) in [6, 6.07) is 0. The number of aliphatic hydroxyl groups excluding tert-OH is 1. The molecule has 10 nitrogen and oxygen atoms in total. The first kappa shape index (κ1) is 12.3. The number of aromatic amines is 2. The molecule has 0 spiro atoms. The zero-order chi connectivity index (χ0) is 14.2. The number of H-pyrrole nitrogens is 2. The van der Waals surface area contributed by atoms with Crippen molar-refractivity contribution in [1.29, 1.82) is 0 Å². The summed E-state index contributed by atoms with van der Waals surface area (Å²) in [5, 5.41) is 17.5. The number of fused-ring (bicyclic) bond motifs is 1. The summed E-state index contributed by atoms with van der Waals surface area (Å²) in [4.78, 5) is 45.1. The number of nitrogens with two attached hydrogens (primary N) is 1. The molecule has 2 heterocycles. The first-order valence-electron chi connectivity index (χ1n) is 4.82. The topological polar surface area (TPSA) is 175 Å². The molecule has 10 heteroatoms. The highest BCUT2D eigenvalue weighted by Crippen LogP contribution is 2.03. The minimum absolute atomic E-state index is 0.176. The van der Waals surface area contributed by atoms with Crippen LogP contribution in [0.1, 0.15) is 5.69 Å². The second-order valence-electron chi connectivity index (χ2n) is 3.44. The van der Waals surface area contributed by atoms with Gasteiger partial charge >= 0.3 is 5.97 Å². The molecule has 0 saturated carbocycles. The number of nitrogen functional groups attached to an aromatic ring is 1. The van der Waals surface area contributed by atoms with Crippen LogP contribution in [0.25, 0.3) is 17.2 Å². The summed E-state index contributed by atoms with van der Waals surface area (Å²) in [6.45, 7) is 0. The van der Waals surface area contributed by atoms with Gasteiger partial charge in [-0.25, -0.2) is 9.78 Å². The highest BCUT2D eigenvalue weighted by Gasteiger charge is 2.11. The van der Waals surface area contributed by atoms with Crippen LogP contribution >= 0.6 is 0 Å². The molecule has 0 aromatic carbocycles. The fourth-order valence-corrected chi connectivity index (χ4v) is 1.30. The summed E-state index contributed by atoms with van der Waals surface area (Å²) < 4.78 is 0. The fraction of sp³-hybridized carbons (Fsp3) is 0. The smallest absolute Gasteiger partial charge is 0.371 e. The van der Waals surface area contributed by atoms with Crippen LogP contribution in [-0.2, 0) is 4.79 Å². The molecule has 0 aliphatic carbocycles. The van der Waals surface area contributed by atoms with Gasteiger partial charge in [-0.05, 0) is 0 Å². The molecule has 0 unspecified atom stereocenters. The monoisotopic (exact) mass is 265 g/mol. The average molecular weight is 265 g/mol. The quantitative estimate of drug-likeness (QED) is 0.324. The average Bonchev–Trinajstić information content (AvgIpc) is 2.31. The van der Waals surface area contributed by atoms with E-state index >= 15 is 0 Å². The van der Waals surface area contributed by atoms with E-state index in [1.165, 1.54) is 0 Å². The van der Waals surface area contributed by atoms with E-state index in [0.29, 0.717) is 6.08 Å². The lowest BCUT2D eigenvalue weighted by Crippen LogP contribution is -2.20. The van der Waals surface area contributed by atoms with Crippen LogP contribution in [0.3, 0.4) is 0 Å². The number of carboxylic acids is 1. The minimum Gasteiger partial charge on any atom is -0.502 e. The molecule has 19 heavy (non-hydrogen) atoms. The van der Waals surface area contributed by atoms with Crippen molar-refractivity contribution < 1.29 is 15.0 Å². The van der Waals surface area contributed by atoms with Crippen molar-refractivity contribution in [3.05, 3.63) is 32.2 Å². The number of carboxylic acid groups (broad SMARTS) is 1. The maximum absolute atomic E-state index is 11.5. The zero-order valence-electron chi connectivity index (χ0n) is 9.17. The lowest BCUT2D eigenvalue weighted by atomic mass is 10.3. The Bertz CT molecular complexity index is 818. The van der Waals surface area contributed by atoms with Gasteiger partial charge in [0.2, 0.25) is 11.7 Å². The molecule has 0 amide bonds. The highest BCUT2D eigenvalue weighted by molar-refractivity contribution is 5.89. The van der Waals surface area contributed by atoms with Crippen molar-refractivity contribution in [3.63, 3.8) is 0 Å². The molecule has 0 aliphatic heterocycles. The first-order valence-corrected chi connectivity index (χ1v) is 4.82. The van der Waals surface area contributed by atoms with Gasteiger partial charge in [-0.3, -0.25) is 14.6 Å². The highest BCUT2D eigenvalue weighted by atomic mass is 16.4. The number of carbonyl (C=O) groups is 1. The molecular formula is C9H7N5O5. The van der Waals surface area contributed by atoms with E-state index in [9.17, 15) is 14.4 Å². The Kier molecular flexibility index (Phi) is 2.75. The van der Waals surface area contributed by atoms with E-state index in [4.69, 9.17) is 15.9 Å². The van der Waals surface area contributed by atoms with E-state index in [2.05, 4.69) is 19.9 Å². The van der Waals surface area contributed by atoms with Gasteiger partial charge in [0.05, 0.1) is 0 Å². The summed E-state index contributed by atoms with van der Waals surface area (Å²) in [7, 11) is 0. The van der Waals surface area contributed by atoms with E-state index < -0.39 is 28.5 Å². The molecule has 2 aromatic rings. The number of rotatable bonds is 2. The first-order chi connectivity index (χ1) is 8.88. The molecule has 0 aliphatic rings. The predicted octanol–water partition coefficient (Wildman–Crippen LogP) is -1.43. The maximum atomic E-state index is 11.5. The third-order valence-corrected chi connectivity index (χ3v) is 2.11. The summed E-state index contributed by atoms with van der Waals surface area (Å²) >= 11 is 0. The number of hydrogen-bond acceptors (Lipinski definition) is 7. The number of hydrogen-bond donors (Lipinski definition) is 5. The Hall–Kier alpha value is -3.17. The Morgan fingerprint density at radius 3 is 2.47 bits per heavy atom. The Labute approximate surface area is 103 Å². The third-order valence-electron chi connectivity index (χ3n) is 2.11. The zero-order valence-corrected chi connectivity index (χ0v) is 9.17. The van der Waals surface area contributed by atoms with Crippen LogP contribution in [-0.4, -0.2) is 36.1 Å². The van der Waals surface area contributed by atoms with Gasteiger partial charge in [0.25, 0.3) is 11.1 Å². The number of anilines is 1. The Morgan fingerprint density at radius 1 is 1.16 bits per heavy atom. The van der Waals surface area contributed by atoms with Crippen LogP contribution in [0.15, 0.2) is 15.3 Å². The van der Waals surface area contributed by atoms with Crippen molar-refractivity contribution in [2.24, 2.45) is 0 Å². The van der Waals surface area contributed by atoms with Gasteiger partial charge in [-0.15, -0.1) is 0 Å². The number of aliphatic hydroxyl groups is 1. The van der Waals surface area contributed by atoms with Crippen molar-refractivity contribution in [2.45, 2.75) is 0 Å². The van der Waals surface area contributed by atoms with E-state index in [0.717, 1.165) is 0 Å².